The van der Waals surface area contributed by atoms with Gasteiger partial charge in [0.2, 0.25) is 0 Å². The molecule has 3 rings (SSSR count). The lowest BCUT2D eigenvalue weighted by Crippen LogP contribution is -2.02. The van der Waals surface area contributed by atoms with E-state index in [0.717, 1.165) is 15.4 Å². The molecule has 4 heteroatoms. The van der Waals surface area contributed by atoms with E-state index in [1.807, 2.05) is 42.5 Å². The predicted octanol–water partition coefficient (Wildman–Crippen LogP) is 4.13. The van der Waals surface area contributed by atoms with Crippen LogP contribution in [0, 0.1) is 0 Å². The van der Waals surface area contributed by atoms with Gasteiger partial charge in [-0.2, -0.15) is 0 Å². The molecule has 0 saturated heterocycles. The Bertz CT molecular complexity index is 808. The molecule has 0 amide bonds. The third kappa shape index (κ3) is 2.60. The number of halogens is 1. The molecule has 100 valence electrons. The van der Waals surface area contributed by atoms with Crippen LogP contribution in [-0.2, 0) is 6.61 Å². The summed E-state index contributed by atoms with van der Waals surface area (Å²) in [5.41, 5.74) is 1.14. The van der Waals surface area contributed by atoms with Crippen LogP contribution in [0.15, 0.2) is 68.3 Å². The molecule has 0 atom stereocenters. The highest BCUT2D eigenvalue weighted by Gasteiger charge is 2.07. The first-order chi connectivity index (χ1) is 9.74. The van der Waals surface area contributed by atoms with Gasteiger partial charge in [0.15, 0.2) is 0 Å². The first-order valence-corrected chi connectivity index (χ1v) is 6.92. The van der Waals surface area contributed by atoms with Gasteiger partial charge in [-0.05, 0) is 18.2 Å². The summed E-state index contributed by atoms with van der Waals surface area (Å²) >= 11 is 3.47. The van der Waals surface area contributed by atoms with E-state index < -0.39 is 5.63 Å². The van der Waals surface area contributed by atoms with Gasteiger partial charge < -0.3 is 9.15 Å². The molecule has 0 radical (unpaired) electrons. The maximum absolute atomic E-state index is 11.5. The molecule has 0 saturated carbocycles. The highest BCUT2D eigenvalue weighted by molar-refractivity contribution is 9.10. The third-order valence-corrected chi connectivity index (χ3v) is 3.73. The monoisotopic (exact) mass is 330 g/mol. The van der Waals surface area contributed by atoms with Crippen molar-refractivity contribution in [3.05, 3.63) is 75.1 Å². The molecule has 0 unspecified atom stereocenters. The quantitative estimate of drug-likeness (QED) is 0.677. The van der Waals surface area contributed by atoms with Crippen LogP contribution < -0.4 is 10.4 Å². The van der Waals surface area contributed by atoms with Crippen molar-refractivity contribution in [2.45, 2.75) is 6.61 Å². The zero-order chi connectivity index (χ0) is 13.9. The molecule has 3 nitrogen and oxygen atoms in total. The van der Waals surface area contributed by atoms with Crippen molar-refractivity contribution in [3.63, 3.8) is 0 Å². The van der Waals surface area contributed by atoms with Crippen molar-refractivity contribution >= 4 is 26.9 Å². The maximum Gasteiger partial charge on any atom is 0.339 e. The Kier molecular flexibility index (Phi) is 3.56. The minimum atomic E-state index is -0.411. The van der Waals surface area contributed by atoms with Gasteiger partial charge in [0.25, 0.3) is 0 Å². The SMILES string of the molecule is O=c1cc(OCc2ccccc2Br)c2ccccc2o1. The summed E-state index contributed by atoms with van der Waals surface area (Å²) in [6.07, 6.45) is 0. The van der Waals surface area contributed by atoms with E-state index in [1.54, 1.807) is 6.07 Å². The summed E-state index contributed by atoms with van der Waals surface area (Å²) in [6.45, 7) is 0.384. The van der Waals surface area contributed by atoms with E-state index in [0.29, 0.717) is 17.9 Å². The second kappa shape index (κ2) is 5.51. The normalized spacial score (nSPS) is 10.7. The van der Waals surface area contributed by atoms with E-state index in [4.69, 9.17) is 9.15 Å². The average molecular weight is 331 g/mol. The highest BCUT2D eigenvalue weighted by atomic mass is 79.9. The molecule has 1 heterocycles. The molecule has 0 N–H and O–H groups in total. The molecule has 1 aromatic heterocycles. The molecule has 0 spiro atoms. The number of ether oxygens (including phenoxy) is 1. The Labute approximate surface area is 123 Å². The summed E-state index contributed by atoms with van der Waals surface area (Å²) in [6, 6.07) is 16.5. The van der Waals surface area contributed by atoms with Crippen LogP contribution in [0.5, 0.6) is 5.75 Å². The van der Waals surface area contributed by atoms with Gasteiger partial charge in [-0.25, -0.2) is 4.79 Å². The maximum atomic E-state index is 11.5. The minimum Gasteiger partial charge on any atom is -0.488 e. The van der Waals surface area contributed by atoms with Crippen molar-refractivity contribution in [1.29, 1.82) is 0 Å². The standard InChI is InChI=1S/C16H11BrO3/c17-13-7-3-1-5-11(13)10-19-15-9-16(18)20-14-8-4-2-6-12(14)15/h1-9H,10H2. The van der Waals surface area contributed by atoms with Crippen molar-refractivity contribution in [2.75, 3.05) is 0 Å². The smallest absolute Gasteiger partial charge is 0.339 e. The van der Waals surface area contributed by atoms with Crippen LogP contribution in [0.2, 0.25) is 0 Å². The van der Waals surface area contributed by atoms with E-state index >= 15 is 0 Å². The van der Waals surface area contributed by atoms with Crippen molar-refractivity contribution in [2.24, 2.45) is 0 Å². The molecular weight excluding hydrogens is 320 g/mol. The van der Waals surface area contributed by atoms with E-state index in [-0.39, 0.29) is 0 Å². The van der Waals surface area contributed by atoms with Gasteiger partial charge in [0.1, 0.15) is 17.9 Å². The molecular formula is C16H11BrO3. The lowest BCUT2D eigenvalue weighted by Gasteiger charge is -2.09. The van der Waals surface area contributed by atoms with Crippen LogP contribution in [0.4, 0.5) is 0 Å². The van der Waals surface area contributed by atoms with Crippen molar-refractivity contribution in [3.8, 4) is 5.75 Å². The van der Waals surface area contributed by atoms with Crippen LogP contribution in [0.3, 0.4) is 0 Å². The lowest BCUT2D eigenvalue weighted by atomic mass is 10.2. The van der Waals surface area contributed by atoms with Gasteiger partial charge in [-0.3, -0.25) is 0 Å². The van der Waals surface area contributed by atoms with E-state index in [1.165, 1.54) is 6.07 Å². The van der Waals surface area contributed by atoms with Gasteiger partial charge in [-0.15, -0.1) is 0 Å². The Morgan fingerprint density at radius 3 is 2.65 bits per heavy atom. The molecule has 0 aliphatic heterocycles. The van der Waals surface area contributed by atoms with Crippen molar-refractivity contribution in [1.82, 2.24) is 0 Å². The Morgan fingerprint density at radius 2 is 1.80 bits per heavy atom. The Balaban J connectivity index is 1.95. The molecule has 2 aromatic carbocycles. The van der Waals surface area contributed by atoms with E-state index in [9.17, 15) is 4.79 Å². The molecule has 0 bridgehead atoms. The summed E-state index contributed by atoms with van der Waals surface area (Å²) in [4.78, 5) is 11.5. The van der Waals surface area contributed by atoms with Crippen LogP contribution >= 0.6 is 15.9 Å². The zero-order valence-electron chi connectivity index (χ0n) is 10.5. The van der Waals surface area contributed by atoms with E-state index in [2.05, 4.69) is 15.9 Å². The Morgan fingerprint density at radius 1 is 1.05 bits per heavy atom. The fraction of sp³-hybridized carbons (Fsp3) is 0.0625. The second-order valence-electron chi connectivity index (χ2n) is 4.31. The number of para-hydroxylation sites is 1. The average Bonchev–Trinajstić information content (AvgIpc) is 2.46. The number of fused-ring (bicyclic) bond motifs is 1. The summed E-state index contributed by atoms with van der Waals surface area (Å²) in [7, 11) is 0. The predicted molar refractivity (Wildman–Crippen MR) is 81.0 cm³/mol. The first kappa shape index (κ1) is 12.9. The number of rotatable bonds is 3. The van der Waals surface area contributed by atoms with Gasteiger partial charge in [0.05, 0.1) is 11.5 Å². The van der Waals surface area contributed by atoms with Crippen LogP contribution in [0.1, 0.15) is 5.56 Å². The molecule has 0 aliphatic rings. The first-order valence-electron chi connectivity index (χ1n) is 6.13. The zero-order valence-corrected chi connectivity index (χ0v) is 12.1. The molecule has 20 heavy (non-hydrogen) atoms. The molecule has 0 fully saturated rings. The highest BCUT2D eigenvalue weighted by Crippen LogP contribution is 2.25. The fourth-order valence-electron chi connectivity index (χ4n) is 1.97. The fourth-order valence-corrected chi connectivity index (χ4v) is 2.37. The summed E-state index contributed by atoms with van der Waals surface area (Å²) in [5, 5.41) is 0.791. The molecule has 0 aliphatic carbocycles. The second-order valence-corrected chi connectivity index (χ2v) is 5.16. The lowest BCUT2D eigenvalue weighted by molar-refractivity contribution is 0.306. The number of hydrogen-bond donors (Lipinski definition) is 0. The van der Waals surface area contributed by atoms with Crippen LogP contribution in [-0.4, -0.2) is 0 Å². The number of hydrogen-bond acceptors (Lipinski definition) is 3. The largest absolute Gasteiger partial charge is 0.488 e. The van der Waals surface area contributed by atoms with Gasteiger partial charge in [0, 0.05) is 10.0 Å². The summed E-state index contributed by atoms with van der Waals surface area (Å²) in [5.74, 6) is 0.535. The topological polar surface area (TPSA) is 39.4 Å². The number of benzene rings is 2. The van der Waals surface area contributed by atoms with Gasteiger partial charge in [-0.1, -0.05) is 46.3 Å². The van der Waals surface area contributed by atoms with Crippen molar-refractivity contribution < 1.29 is 9.15 Å². The molecule has 3 aromatic rings. The third-order valence-electron chi connectivity index (χ3n) is 2.95. The summed E-state index contributed by atoms with van der Waals surface area (Å²) < 4.78 is 11.9. The Hall–Kier alpha value is -2.07. The van der Waals surface area contributed by atoms with Gasteiger partial charge >= 0.3 is 5.63 Å². The van der Waals surface area contributed by atoms with Crippen LogP contribution in [0.25, 0.3) is 11.0 Å². The minimum absolute atomic E-state index is 0.384.